The Kier molecular flexibility index (Phi) is 4.34. The molecule has 0 aromatic carbocycles. The first-order valence-electron chi connectivity index (χ1n) is 5.56. The number of β-amino-alcohol motifs (C(OH)–C–C–N with tert-alkyl or cyclic N) is 1. The molecule has 0 saturated heterocycles. The maximum absolute atomic E-state index is 12.7. The standard InChI is InChI=1S/C12H17F3N2O/c1-11(2,3)17-7-9(18)8-5-4-6-16-10(8)12(13,14)15/h4-6,9,17-18H,7H2,1-3H3/t9-/m0/s1. The van der Waals surface area contributed by atoms with Crippen molar-refractivity contribution in [3.63, 3.8) is 0 Å². The molecule has 2 N–H and O–H groups in total. The third-order valence-electron chi connectivity index (χ3n) is 2.29. The zero-order valence-electron chi connectivity index (χ0n) is 10.5. The van der Waals surface area contributed by atoms with Gasteiger partial charge < -0.3 is 10.4 Å². The zero-order valence-corrected chi connectivity index (χ0v) is 10.5. The van der Waals surface area contributed by atoms with Gasteiger partial charge in [0, 0.05) is 23.8 Å². The minimum atomic E-state index is -4.56. The Morgan fingerprint density at radius 2 is 1.94 bits per heavy atom. The van der Waals surface area contributed by atoms with E-state index in [1.807, 2.05) is 20.8 Å². The highest BCUT2D eigenvalue weighted by atomic mass is 19.4. The van der Waals surface area contributed by atoms with Gasteiger partial charge in [0.15, 0.2) is 0 Å². The summed E-state index contributed by atoms with van der Waals surface area (Å²) in [6, 6.07) is 2.62. The third kappa shape index (κ3) is 4.27. The van der Waals surface area contributed by atoms with Crippen molar-refractivity contribution in [2.75, 3.05) is 6.54 Å². The van der Waals surface area contributed by atoms with Crippen molar-refractivity contribution in [3.05, 3.63) is 29.6 Å². The van der Waals surface area contributed by atoms with Crippen LogP contribution in [0.5, 0.6) is 0 Å². The summed E-state index contributed by atoms with van der Waals surface area (Å²) < 4.78 is 38.1. The molecule has 1 aromatic heterocycles. The Morgan fingerprint density at radius 3 is 2.44 bits per heavy atom. The van der Waals surface area contributed by atoms with E-state index in [0.29, 0.717) is 0 Å². The van der Waals surface area contributed by atoms with Crippen molar-refractivity contribution in [2.45, 2.75) is 38.6 Å². The quantitative estimate of drug-likeness (QED) is 0.879. The van der Waals surface area contributed by atoms with Crippen LogP contribution < -0.4 is 5.32 Å². The first-order chi connectivity index (χ1) is 8.11. The molecule has 3 nitrogen and oxygen atoms in total. The van der Waals surface area contributed by atoms with Crippen molar-refractivity contribution in [1.29, 1.82) is 0 Å². The first-order valence-corrected chi connectivity index (χ1v) is 5.56. The number of hydrogen-bond donors (Lipinski definition) is 2. The molecule has 0 amide bonds. The van der Waals surface area contributed by atoms with Crippen molar-refractivity contribution in [1.82, 2.24) is 10.3 Å². The number of rotatable bonds is 3. The van der Waals surface area contributed by atoms with Crippen molar-refractivity contribution in [3.8, 4) is 0 Å². The SMILES string of the molecule is CC(C)(C)NC[C@H](O)c1cccnc1C(F)(F)F. The van der Waals surface area contributed by atoms with Gasteiger partial charge in [-0.05, 0) is 26.8 Å². The number of nitrogens with one attached hydrogen (secondary N) is 1. The van der Waals surface area contributed by atoms with Gasteiger partial charge in [-0.2, -0.15) is 13.2 Å². The van der Waals surface area contributed by atoms with Crippen LogP contribution in [-0.4, -0.2) is 22.2 Å². The molecule has 18 heavy (non-hydrogen) atoms. The van der Waals surface area contributed by atoms with E-state index in [-0.39, 0.29) is 17.6 Å². The van der Waals surface area contributed by atoms with Crippen LogP contribution in [-0.2, 0) is 6.18 Å². The predicted molar refractivity (Wildman–Crippen MR) is 62.0 cm³/mol. The molecule has 0 aliphatic heterocycles. The third-order valence-corrected chi connectivity index (χ3v) is 2.29. The number of aliphatic hydroxyl groups is 1. The molecule has 1 rings (SSSR count). The lowest BCUT2D eigenvalue weighted by Crippen LogP contribution is -2.38. The Labute approximate surface area is 104 Å². The molecule has 6 heteroatoms. The van der Waals surface area contributed by atoms with Crippen molar-refractivity contribution < 1.29 is 18.3 Å². The van der Waals surface area contributed by atoms with Crippen LogP contribution in [0.2, 0.25) is 0 Å². The zero-order chi connectivity index (χ0) is 14.0. The lowest BCUT2D eigenvalue weighted by Gasteiger charge is -2.24. The molecule has 0 aliphatic rings. The van der Waals surface area contributed by atoms with Gasteiger partial charge in [0.25, 0.3) is 0 Å². The topological polar surface area (TPSA) is 45.1 Å². The average Bonchev–Trinajstić information content (AvgIpc) is 2.24. The molecule has 1 heterocycles. The lowest BCUT2D eigenvalue weighted by atomic mass is 10.0. The maximum Gasteiger partial charge on any atom is 0.433 e. The molecule has 0 spiro atoms. The molecule has 0 aliphatic carbocycles. The van der Waals surface area contributed by atoms with E-state index in [9.17, 15) is 18.3 Å². The number of nitrogens with zero attached hydrogens (tertiary/aromatic N) is 1. The Morgan fingerprint density at radius 1 is 1.33 bits per heavy atom. The number of hydrogen-bond acceptors (Lipinski definition) is 3. The smallest absolute Gasteiger partial charge is 0.387 e. The largest absolute Gasteiger partial charge is 0.433 e. The first kappa shape index (κ1) is 14.9. The van der Waals surface area contributed by atoms with Crippen LogP contribution in [0.25, 0.3) is 0 Å². The van der Waals surface area contributed by atoms with E-state index in [2.05, 4.69) is 10.3 Å². The van der Waals surface area contributed by atoms with Crippen LogP contribution in [0.4, 0.5) is 13.2 Å². The van der Waals surface area contributed by atoms with Gasteiger partial charge in [-0.15, -0.1) is 0 Å². The van der Waals surface area contributed by atoms with Gasteiger partial charge in [0.1, 0.15) is 5.69 Å². The monoisotopic (exact) mass is 262 g/mol. The molecular formula is C12H17F3N2O. The highest BCUT2D eigenvalue weighted by molar-refractivity contribution is 5.25. The second-order valence-electron chi connectivity index (χ2n) is 5.09. The fourth-order valence-corrected chi connectivity index (χ4v) is 1.44. The molecule has 1 aromatic rings. The molecule has 102 valence electrons. The van der Waals surface area contributed by atoms with Gasteiger partial charge in [0.05, 0.1) is 6.10 Å². The predicted octanol–water partition coefficient (Wildman–Crippen LogP) is 2.52. The number of halogens is 3. The molecule has 0 saturated carbocycles. The Bertz CT molecular complexity index is 399. The van der Waals surface area contributed by atoms with E-state index < -0.39 is 18.0 Å². The second-order valence-corrected chi connectivity index (χ2v) is 5.09. The van der Waals surface area contributed by atoms with Crippen LogP contribution in [0.15, 0.2) is 18.3 Å². The number of aromatic nitrogens is 1. The summed E-state index contributed by atoms with van der Waals surface area (Å²) >= 11 is 0. The summed E-state index contributed by atoms with van der Waals surface area (Å²) in [5.41, 5.74) is -1.52. The van der Waals surface area contributed by atoms with Gasteiger partial charge in [0.2, 0.25) is 0 Å². The van der Waals surface area contributed by atoms with E-state index in [4.69, 9.17) is 0 Å². The van der Waals surface area contributed by atoms with Gasteiger partial charge >= 0.3 is 6.18 Å². The summed E-state index contributed by atoms with van der Waals surface area (Å²) in [5, 5.41) is 12.8. The molecule has 1 atom stereocenters. The number of pyridine rings is 1. The van der Waals surface area contributed by atoms with E-state index in [0.717, 1.165) is 6.20 Å². The average molecular weight is 262 g/mol. The van der Waals surface area contributed by atoms with Crippen LogP contribution in [0.3, 0.4) is 0 Å². The highest BCUT2D eigenvalue weighted by Gasteiger charge is 2.36. The van der Waals surface area contributed by atoms with Crippen molar-refractivity contribution in [2.24, 2.45) is 0 Å². The Balaban J connectivity index is 2.89. The van der Waals surface area contributed by atoms with Crippen LogP contribution in [0, 0.1) is 0 Å². The normalized spacial score (nSPS) is 14.6. The van der Waals surface area contributed by atoms with E-state index in [1.165, 1.54) is 12.1 Å². The summed E-state index contributed by atoms with van der Waals surface area (Å²) in [6.45, 7) is 5.65. The lowest BCUT2D eigenvalue weighted by molar-refractivity contribution is -0.142. The fourth-order valence-electron chi connectivity index (χ4n) is 1.44. The van der Waals surface area contributed by atoms with E-state index in [1.54, 1.807) is 0 Å². The molecule has 0 fully saturated rings. The number of aliphatic hydroxyl groups excluding tert-OH is 1. The summed E-state index contributed by atoms with van der Waals surface area (Å²) in [7, 11) is 0. The highest BCUT2D eigenvalue weighted by Crippen LogP contribution is 2.32. The summed E-state index contributed by atoms with van der Waals surface area (Å²) in [6.07, 6.45) is -4.73. The summed E-state index contributed by atoms with van der Waals surface area (Å²) in [4.78, 5) is 3.30. The summed E-state index contributed by atoms with van der Waals surface area (Å²) in [5.74, 6) is 0. The molecule has 0 bridgehead atoms. The maximum atomic E-state index is 12.7. The van der Waals surface area contributed by atoms with Gasteiger partial charge in [-0.3, -0.25) is 4.98 Å². The van der Waals surface area contributed by atoms with Crippen LogP contribution >= 0.6 is 0 Å². The van der Waals surface area contributed by atoms with Gasteiger partial charge in [-0.1, -0.05) is 6.07 Å². The second kappa shape index (κ2) is 5.24. The molecular weight excluding hydrogens is 245 g/mol. The minimum Gasteiger partial charge on any atom is -0.387 e. The van der Waals surface area contributed by atoms with E-state index >= 15 is 0 Å². The number of alkyl halides is 3. The van der Waals surface area contributed by atoms with Crippen molar-refractivity contribution >= 4 is 0 Å². The molecule has 0 radical (unpaired) electrons. The fraction of sp³-hybridized carbons (Fsp3) is 0.583. The minimum absolute atomic E-state index is 0.0400. The van der Waals surface area contributed by atoms with Gasteiger partial charge in [-0.25, -0.2) is 0 Å². The van der Waals surface area contributed by atoms with Crippen LogP contribution in [0.1, 0.15) is 38.1 Å². The molecule has 0 unspecified atom stereocenters. The Hall–Kier alpha value is -1.14.